The number of nitrogens with one attached hydrogen (secondary N) is 1. The molecule has 0 aliphatic heterocycles. The number of hydrogen-bond acceptors (Lipinski definition) is 4. The smallest absolute Gasteiger partial charge is 0.335 e. The second kappa shape index (κ2) is 9.19. The summed E-state index contributed by atoms with van der Waals surface area (Å²) in [5.41, 5.74) is 5.27. The van der Waals surface area contributed by atoms with Gasteiger partial charge in [0.25, 0.3) is 5.91 Å². The summed E-state index contributed by atoms with van der Waals surface area (Å²) in [4.78, 5) is 33.7. The molecule has 0 saturated heterocycles. The van der Waals surface area contributed by atoms with Gasteiger partial charge in [-0.05, 0) is 42.8 Å². The van der Waals surface area contributed by atoms with Gasteiger partial charge in [0.2, 0.25) is 0 Å². The molecular weight excluding hydrogens is 438 g/mol. The van der Waals surface area contributed by atoms with E-state index in [1.165, 1.54) is 12.1 Å². The molecule has 35 heavy (non-hydrogen) atoms. The molecule has 170 valence electrons. The van der Waals surface area contributed by atoms with Crippen LogP contribution in [-0.2, 0) is 0 Å². The molecule has 6 nitrogen and oxygen atoms in total. The predicted molar refractivity (Wildman–Crippen MR) is 137 cm³/mol. The van der Waals surface area contributed by atoms with Gasteiger partial charge in [0, 0.05) is 27.8 Å². The van der Waals surface area contributed by atoms with Gasteiger partial charge in [-0.15, -0.1) is 0 Å². The topological polar surface area (TPSA) is 92.2 Å². The van der Waals surface area contributed by atoms with Crippen LogP contribution < -0.4 is 5.32 Å². The lowest BCUT2D eigenvalue weighted by molar-refractivity contribution is 0.0696. The zero-order chi connectivity index (χ0) is 24.4. The number of carbonyl (C=O) groups is 2. The summed E-state index contributed by atoms with van der Waals surface area (Å²) >= 11 is 0. The average Bonchev–Trinajstić information content (AvgIpc) is 2.89. The maximum Gasteiger partial charge on any atom is 0.335 e. The Morgan fingerprint density at radius 2 is 1.43 bits per heavy atom. The van der Waals surface area contributed by atoms with Crippen molar-refractivity contribution in [1.82, 2.24) is 9.97 Å². The molecule has 1 aromatic heterocycles. The highest BCUT2D eigenvalue weighted by Gasteiger charge is 2.14. The van der Waals surface area contributed by atoms with Crippen molar-refractivity contribution in [2.45, 2.75) is 6.92 Å². The normalized spacial score (nSPS) is 10.8. The summed E-state index contributed by atoms with van der Waals surface area (Å²) in [6.45, 7) is 1.81. The maximum absolute atomic E-state index is 12.8. The number of rotatable bonds is 5. The number of aromatic carboxylic acids is 1. The van der Waals surface area contributed by atoms with Gasteiger partial charge in [0.1, 0.15) is 0 Å². The summed E-state index contributed by atoms with van der Waals surface area (Å²) in [5.74, 6) is -0.804. The Morgan fingerprint density at radius 3 is 2.17 bits per heavy atom. The molecule has 1 amide bonds. The zero-order valence-corrected chi connectivity index (χ0v) is 18.9. The van der Waals surface area contributed by atoms with Crippen LogP contribution in [0.3, 0.4) is 0 Å². The molecule has 0 fully saturated rings. The lowest BCUT2D eigenvalue weighted by Gasteiger charge is -2.11. The third-order valence-corrected chi connectivity index (χ3v) is 5.79. The fourth-order valence-electron chi connectivity index (χ4n) is 3.88. The van der Waals surface area contributed by atoms with Crippen LogP contribution in [0.2, 0.25) is 0 Å². The number of aryl methyl sites for hydroxylation is 1. The molecule has 5 rings (SSSR count). The maximum atomic E-state index is 12.8. The van der Waals surface area contributed by atoms with E-state index >= 15 is 0 Å². The van der Waals surface area contributed by atoms with E-state index in [9.17, 15) is 14.7 Å². The number of fused-ring (bicyclic) bond motifs is 1. The second-order valence-electron chi connectivity index (χ2n) is 8.15. The predicted octanol–water partition coefficient (Wildman–Crippen LogP) is 6.22. The van der Waals surface area contributed by atoms with E-state index in [1.807, 2.05) is 73.7 Å². The van der Waals surface area contributed by atoms with E-state index in [0.717, 1.165) is 33.3 Å². The highest BCUT2D eigenvalue weighted by molar-refractivity contribution is 6.05. The van der Waals surface area contributed by atoms with Crippen LogP contribution in [0.15, 0.2) is 97.1 Å². The van der Waals surface area contributed by atoms with Gasteiger partial charge in [0.05, 0.1) is 16.8 Å². The highest BCUT2D eigenvalue weighted by atomic mass is 16.4. The quantitative estimate of drug-likeness (QED) is 0.325. The first-order valence-electron chi connectivity index (χ1n) is 11.1. The first-order chi connectivity index (χ1) is 17.0. The van der Waals surface area contributed by atoms with Crippen molar-refractivity contribution in [1.29, 1.82) is 0 Å². The van der Waals surface area contributed by atoms with Gasteiger partial charge in [0.15, 0.2) is 5.82 Å². The van der Waals surface area contributed by atoms with Crippen LogP contribution in [0.4, 0.5) is 5.69 Å². The lowest BCUT2D eigenvalue weighted by Crippen LogP contribution is -2.13. The summed E-state index contributed by atoms with van der Waals surface area (Å²) in [7, 11) is 0. The van der Waals surface area contributed by atoms with E-state index in [0.29, 0.717) is 17.1 Å². The summed E-state index contributed by atoms with van der Waals surface area (Å²) < 4.78 is 0. The fraction of sp³-hybridized carbons (Fsp3) is 0.0345. The average molecular weight is 460 g/mol. The largest absolute Gasteiger partial charge is 0.478 e. The van der Waals surface area contributed by atoms with E-state index in [4.69, 9.17) is 9.97 Å². The van der Waals surface area contributed by atoms with Crippen molar-refractivity contribution in [2.24, 2.45) is 0 Å². The van der Waals surface area contributed by atoms with Gasteiger partial charge in [-0.2, -0.15) is 0 Å². The Bertz CT molecular complexity index is 1560. The van der Waals surface area contributed by atoms with Crippen molar-refractivity contribution in [2.75, 3.05) is 5.32 Å². The summed E-state index contributed by atoms with van der Waals surface area (Å²) in [5, 5.41) is 13.0. The number of anilines is 1. The molecule has 2 N–H and O–H groups in total. The standard InChI is InChI=1S/C29H21N3O3/c1-18-11-12-22(29(34)35)17-25(18)31-28(33)21-15-13-20(14-16-21)27-30-24-10-6-5-9-23(24)26(32-27)19-7-3-2-4-8-19/h2-17H,1H3,(H,31,33)(H,34,35). The zero-order valence-electron chi connectivity index (χ0n) is 18.9. The van der Waals surface area contributed by atoms with E-state index in [1.54, 1.807) is 18.2 Å². The fourth-order valence-corrected chi connectivity index (χ4v) is 3.88. The number of hydrogen-bond donors (Lipinski definition) is 2. The van der Waals surface area contributed by atoms with E-state index in [-0.39, 0.29) is 11.5 Å². The van der Waals surface area contributed by atoms with Crippen molar-refractivity contribution in [3.8, 4) is 22.6 Å². The molecule has 0 atom stereocenters. The number of aromatic nitrogens is 2. The van der Waals surface area contributed by atoms with Crippen LogP contribution in [-0.4, -0.2) is 27.0 Å². The minimum Gasteiger partial charge on any atom is -0.478 e. The molecule has 0 saturated carbocycles. The van der Waals surface area contributed by atoms with Gasteiger partial charge in [-0.3, -0.25) is 4.79 Å². The number of benzene rings is 4. The molecule has 0 radical (unpaired) electrons. The van der Waals surface area contributed by atoms with Crippen LogP contribution in [0.5, 0.6) is 0 Å². The van der Waals surface area contributed by atoms with Crippen molar-refractivity contribution >= 4 is 28.5 Å². The van der Waals surface area contributed by atoms with Gasteiger partial charge in [-0.1, -0.05) is 66.7 Å². The molecule has 0 unspecified atom stereocenters. The number of amides is 1. The molecule has 5 aromatic rings. The summed E-state index contributed by atoms with van der Waals surface area (Å²) in [6.07, 6.45) is 0. The molecule has 1 heterocycles. The first-order valence-corrected chi connectivity index (χ1v) is 11.1. The van der Waals surface area contributed by atoms with Crippen molar-refractivity contribution in [3.05, 3.63) is 114 Å². The number of para-hydroxylation sites is 1. The molecule has 0 bridgehead atoms. The van der Waals surface area contributed by atoms with Crippen molar-refractivity contribution in [3.63, 3.8) is 0 Å². The summed E-state index contributed by atoms with van der Waals surface area (Å²) in [6, 6.07) is 29.5. The number of carboxylic acids is 1. The van der Waals surface area contributed by atoms with Gasteiger partial charge < -0.3 is 10.4 Å². The van der Waals surface area contributed by atoms with Crippen LogP contribution in [0.25, 0.3) is 33.5 Å². The SMILES string of the molecule is Cc1ccc(C(=O)O)cc1NC(=O)c1ccc(-c2nc(-c3ccccc3)c3ccccc3n2)cc1. The third kappa shape index (κ3) is 4.50. The Kier molecular flexibility index (Phi) is 5.77. The molecule has 6 heteroatoms. The lowest BCUT2D eigenvalue weighted by atomic mass is 10.1. The molecular formula is C29H21N3O3. The highest BCUT2D eigenvalue weighted by Crippen LogP contribution is 2.29. The number of nitrogens with zero attached hydrogens (tertiary/aromatic N) is 2. The third-order valence-electron chi connectivity index (χ3n) is 5.79. The Morgan fingerprint density at radius 1 is 0.743 bits per heavy atom. The Hall–Kier alpha value is -4.84. The van der Waals surface area contributed by atoms with Crippen LogP contribution in [0, 0.1) is 6.92 Å². The molecule has 0 aliphatic carbocycles. The van der Waals surface area contributed by atoms with Crippen LogP contribution >= 0.6 is 0 Å². The number of carboxylic acid groups (broad SMARTS) is 1. The van der Waals surface area contributed by atoms with E-state index in [2.05, 4.69) is 5.32 Å². The molecule has 0 spiro atoms. The molecule has 4 aromatic carbocycles. The minimum atomic E-state index is -1.05. The Labute approximate surface area is 201 Å². The van der Waals surface area contributed by atoms with E-state index < -0.39 is 5.97 Å². The molecule has 0 aliphatic rings. The Balaban J connectivity index is 1.46. The van der Waals surface area contributed by atoms with Gasteiger partial charge >= 0.3 is 5.97 Å². The van der Waals surface area contributed by atoms with Crippen molar-refractivity contribution < 1.29 is 14.7 Å². The monoisotopic (exact) mass is 459 g/mol. The first kappa shape index (κ1) is 22.0. The van der Waals surface area contributed by atoms with Crippen LogP contribution in [0.1, 0.15) is 26.3 Å². The second-order valence-corrected chi connectivity index (χ2v) is 8.15. The number of carbonyl (C=O) groups excluding carboxylic acids is 1. The minimum absolute atomic E-state index is 0.115. The van der Waals surface area contributed by atoms with Gasteiger partial charge in [-0.25, -0.2) is 14.8 Å².